The minimum absolute atomic E-state index is 0.567. The summed E-state index contributed by atoms with van der Waals surface area (Å²) in [5, 5.41) is 8.72. The van der Waals surface area contributed by atoms with E-state index < -0.39 is 0 Å². The maximum atomic E-state index is 8.72. The average molecular weight is 186 g/mol. The first kappa shape index (κ1) is 10.3. The van der Waals surface area contributed by atoms with E-state index in [2.05, 4.69) is 12.1 Å². The first-order valence-electron chi connectivity index (χ1n) is 4.50. The smallest absolute Gasteiger partial charge is 0.0965 e. The van der Waals surface area contributed by atoms with Crippen LogP contribution >= 0.6 is 0 Å². The minimum Gasteiger partial charge on any atom is -0.397 e. The van der Waals surface area contributed by atoms with Crippen LogP contribution in [0.4, 0.5) is 0 Å². The van der Waals surface area contributed by atoms with Gasteiger partial charge in [-0.05, 0) is 26.3 Å². The fraction of sp³-hybridized carbons (Fsp3) is 0.250. The van der Waals surface area contributed by atoms with Crippen molar-refractivity contribution in [1.29, 1.82) is 5.26 Å². The van der Waals surface area contributed by atoms with Crippen LogP contribution in [0.2, 0.25) is 0 Å². The molecule has 0 aromatic heterocycles. The van der Waals surface area contributed by atoms with E-state index in [9.17, 15) is 0 Å². The molecule has 0 bridgehead atoms. The Hall–Kier alpha value is -1.75. The third-order valence-corrected chi connectivity index (χ3v) is 2.24. The fourth-order valence-corrected chi connectivity index (χ4v) is 1.38. The molecule has 0 fully saturated rings. The van der Waals surface area contributed by atoms with Crippen LogP contribution in [-0.4, -0.2) is 0 Å². The van der Waals surface area contributed by atoms with Crippen LogP contribution in [0.1, 0.15) is 23.6 Å². The number of aryl methyl sites for hydroxylation is 2. The molecule has 0 aliphatic rings. The molecule has 0 radical (unpaired) electrons. The highest BCUT2D eigenvalue weighted by molar-refractivity contribution is 5.70. The van der Waals surface area contributed by atoms with Crippen molar-refractivity contribution in [3.63, 3.8) is 0 Å². The highest BCUT2D eigenvalue weighted by Gasteiger charge is 2.04. The first-order chi connectivity index (χ1) is 6.56. The standard InChI is InChI=1S/C12H14N2/c1-8-4-5-11(9(2)6-8)12(14)10(3)7-13/h4-6H,14H2,1-3H3/b12-10-. The van der Waals surface area contributed by atoms with Gasteiger partial charge in [0.1, 0.15) is 0 Å². The Balaban J connectivity index is 3.29. The quantitative estimate of drug-likeness (QED) is 0.685. The Kier molecular flexibility index (Phi) is 2.93. The summed E-state index contributed by atoms with van der Waals surface area (Å²) in [6.45, 7) is 5.77. The van der Waals surface area contributed by atoms with Crippen LogP contribution in [0, 0.1) is 25.2 Å². The van der Waals surface area contributed by atoms with Crippen molar-refractivity contribution in [3.05, 3.63) is 40.5 Å². The number of nitrogens with zero attached hydrogens (tertiary/aromatic N) is 1. The van der Waals surface area contributed by atoms with Gasteiger partial charge in [0.25, 0.3) is 0 Å². The summed E-state index contributed by atoms with van der Waals surface area (Å²) in [5.41, 5.74) is 10.3. The SMILES string of the molecule is C/C(C#N)=C(/N)c1ccc(C)cc1C. The lowest BCUT2D eigenvalue weighted by molar-refractivity contribution is 1.32. The fourth-order valence-electron chi connectivity index (χ4n) is 1.38. The van der Waals surface area contributed by atoms with E-state index in [1.54, 1.807) is 6.92 Å². The van der Waals surface area contributed by atoms with Crippen molar-refractivity contribution < 1.29 is 0 Å². The predicted octanol–water partition coefficient (Wildman–Crippen LogP) is 2.52. The summed E-state index contributed by atoms with van der Waals surface area (Å²) < 4.78 is 0. The molecule has 0 saturated heterocycles. The lowest BCUT2D eigenvalue weighted by Gasteiger charge is -2.07. The third kappa shape index (κ3) is 1.94. The summed E-state index contributed by atoms with van der Waals surface area (Å²) in [6, 6.07) is 8.08. The Labute approximate surface area is 84.7 Å². The molecule has 1 aromatic carbocycles. The van der Waals surface area contributed by atoms with Gasteiger partial charge in [-0.1, -0.05) is 23.8 Å². The van der Waals surface area contributed by atoms with Crippen molar-refractivity contribution >= 4 is 5.70 Å². The molecule has 2 heteroatoms. The van der Waals surface area contributed by atoms with E-state index in [0.29, 0.717) is 11.3 Å². The van der Waals surface area contributed by atoms with Gasteiger partial charge in [0.2, 0.25) is 0 Å². The zero-order valence-electron chi connectivity index (χ0n) is 8.76. The van der Waals surface area contributed by atoms with Gasteiger partial charge in [0.05, 0.1) is 11.8 Å². The monoisotopic (exact) mass is 186 g/mol. The second kappa shape index (κ2) is 3.97. The van der Waals surface area contributed by atoms with E-state index in [0.717, 1.165) is 11.1 Å². The van der Waals surface area contributed by atoms with Crippen molar-refractivity contribution in [2.45, 2.75) is 20.8 Å². The second-order valence-corrected chi connectivity index (χ2v) is 3.47. The van der Waals surface area contributed by atoms with Gasteiger partial charge in [0.15, 0.2) is 0 Å². The van der Waals surface area contributed by atoms with E-state index in [-0.39, 0.29) is 0 Å². The number of nitrogens with two attached hydrogens (primary N) is 1. The highest BCUT2D eigenvalue weighted by atomic mass is 14.6. The molecule has 14 heavy (non-hydrogen) atoms. The molecule has 1 rings (SSSR count). The van der Waals surface area contributed by atoms with Crippen molar-refractivity contribution in [1.82, 2.24) is 0 Å². The molecule has 2 nitrogen and oxygen atoms in total. The summed E-state index contributed by atoms with van der Waals surface area (Å²) in [5.74, 6) is 0. The van der Waals surface area contributed by atoms with Gasteiger partial charge in [-0.25, -0.2) is 0 Å². The minimum atomic E-state index is 0.567. The highest BCUT2D eigenvalue weighted by Crippen LogP contribution is 2.18. The van der Waals surface area contributed by atoms with Crippen LogP contribution in [0.5, 0.6) is 0 Å². The number of nitriles is 1. The van der Waals surface area contributed by atoms with Gasteiger partial charge < -0.3 is 5.73 Å². The topological polar surface area (TPSA) is 49.8 Å². The molecule has 0 aliphatic heterocycles. The van der Waals surface area contributed by atoms with Crippen LogP contribution in [0.25, 0.3) is 5.70 Å². The Morgan fingerprint density at radius 1 is 1.36 bits per heavy atom. The van der Waals surface area contributed by atoms with Crippen molar-refractivity contribution in [3.8, 4) is 6.07 Å². The maximum absolute atomic E-state index is 8.72. The Morgan fingerprint density at radius 2 is 2.00 bits per heavy atom. The van der Waals surface area contributed by atoms with E-state index in [1.165, 1.54) is 5.56 Å². The predicted molar refractivity (Wildman–Crippen MR) is 58.3 cm³/mol. The summed E-state index contributed by atoms with van der Waals surface area (Å²) in [7, 11) is 0. The number of benzene rings is 1. The van der Waals surface area contributed by atoms with E-state index in [4.69, 9.17) is 11.0 Å². The van der Waals surface area contributed by atoms with Crippen molar-refractivity contribution in [2.75, 3.05) is 0 Å². The van der Waals surface area contributed by atoms with Crippen molar-refractivity contribution in [2.24, 2.45) is 5.73 Å². The summed E-state index contributed by atoms with van der Waals surface area (Å²) in [6.07, 6.45) is 0. The molecule has 0 amide bonds. The van der Waals surface area contributed by atoms with Gasteiger partial charge in [-0.15, -0.1) is 0 Å². The molecule has 1 aromatic rings. The van der Waals surface area contributed by atoms with Gasteiger partial charge in [-0.3, -0.25) is 0 Å². The summed E-state index contributed by atoms with van der Waals surface area (Å²) in [4.78, 5) is 0. The average Bonchev–Trinajstić information content (AvgIpc) is 2.15. The van der Waals surface area contributed by atoms with Crippen LogP contribution in [-0.2, 0) is 0 Å². The Bertz CT molecular complexity index is 422. The lowest BCUT2D eigenvalue weighted by atomic mass is 10.0. The Morgan fingerprint density at radius 3 is 2.50 bits per heavy atom. The van der Waals surface area contributed by atoms with Crippen LogP contribution in [0.15, 0.2) is 23.8 Å². The largest absolute Gasteiger partial charge is 0.397 e. The molecule has 0 saturated carbocycles. The van der Waals surface area contributed by atoms with Crippen LogP contribution < -0.4 is 5.73 Å². The second-order valence-electron chi connectivity index (χ2n) is 3.47. The molecule has 0 spiro atoms. The van der Waals surface area contributed by atoms with E-state index >= 15 is 0 Å². The molecular formula is C12H14N2. The molecule has 0 unspecified atom stereocenters. The molecule has 0 heterocycles. The molecule has 72 valence electrons. The van der Waals surface area contributed by atoms with Gasteiger partial charge in [0, 0.05) is 11.1 Å². The number of hydrogen-bond donors (Lipinski definition) is 1. The zero-order valence-corrected chi connectivity index (χ0v) is 8.76. The molecular weight excluding hydrogens is 172 g/mol. The summed E-state index contributed by atoms with van der Waals surface area (Å²) >= 11 is 0. The normalized spacial score (nSPS) is 11.9. The zero-order chi connectivity index (χ0) is 10.7. The number of allylic oxidation sites excluding steroid dienone is 1. The molecule has 2 N–H and O–H groups in total. The van der Waals surface area contributed by atoms with Gasteiger partial charge in [-0.2, -0.15) is 5.26 Å². The van der Waals surface area contributed by atoms with E-state index in [1.807, 2.05) is 26.0 Å². The molecule has 0 aliphatic carbocycles. The third-order valence-electron chi connectivity index (χ3n) is 2.24. The number of rotatable bonds is 1. The number of hydrogen-bond acceptors (Lipinski definition) is 2. The first-order valence-corrected chi connectivity index (χ1v) is 4.50. The van der Waals surface area contributed by atoms with Gasteiger partial charge >= 0.3 is 0 Å². The molecule has 0 atom stereocenters. The van der Waals surface area contributed by atoms with Crippen LogP contribution in [0.3, 0.4) is 0 Å². The maximum Gasteiger partial charge on any atom is 0.0965 e. The lowest BCUT2D eigenvalue weighted by Crippen LogP contribution is -2.01.